The fourth-order valence-corrected chi connectivity index (χ4v) is 2.46. The molecule has 1 aromatic rings. The number of hydrogen-bond acceptors (Lipinski definition) is 3. The number of nitro benzene ring substituents is 1. The van der Waals surface area contributed by atoms with Crippen molar-refractivity contribution in [2.45, 2.75) is 26.7 Å². The van der Waals surface area contributed by atoms with E-state index in [1.165, 1.54) is 13.0 Å². The van der Waals surface area contributed by atoms with Crippen molar-refractivity contribution >= 4 is 34.1 Å². The van der Waals surface area contributed by atoms with Gasteiger partial charge in [0, 0.05) is 11.6 Å². The molecule has 6 heteroatoms. The number of halogens is 2. The zero-order valence-corrected chi connectivity index (χ0v) is 12.4. The standard InChI is InChI=1S/C12H13FINO3/c1-6(2)12(7(3)16)8-4-9(13)10(14)5-11(8)15(17)18/h4-6,12H,1-3H3. The maximum Gasteiger partial charge on any atom is 0.274 e. The zero-order chi connectivity index (χ0) is 14.0. The van der Waals surface area contributed by atoms with E-state index in [1.807, 2.05) is 0 Å². The molecule has 1 rings (SSSR count). The first-order valence-corrected chi connectivity index (χ1v) is 6.47. The maximum absolute atomic E-state index is 13.6. The van der Waals surface area contributed by atoms with Gasteiger partial charge in [-0.2, -0.15) is 0 Å². The summed E-state index contributed by atoms with van der Waals surface area (Å²) in [7, 11) is 0. The molecule has 0 fully saturated rings. The van der Waals surface area contributed by atoms with Crippen LogP contribution in [0.5, 0.6) is 0 Å². The minimum atomic E-state index is -0.656. The summed E-state index contributed by atoms with van der Waals surface area (Å²) < 4.78 is 13.7. The quantitative estimate of drug-likeness (QED) is 0.465. The Morgan fingerprint density at radius 3 is 2.39 bits per heavy atom. The molecule has 0 aliphatic rings. The van der Waals surface area contributed by atoms with Gasteiger partial charge < -0.3 is 0 Å². The first-order valence-electron chi connectivity index (χ1n) is 5.39. The second-order valence-electron chi connectivity index (χ2n) is 4.41. The predicted molar refractivity (Wildman–Crippen MR) is 74.0 cm³/mol. The molecule has 0 amide bonds. The highest BCUT2D eigenvalue weighted by Crippen LogP contribution is 2.34. The van der Waals surface area contributed by atoms with E-state index in [2.05, 4.69) is 0 Å². The number of carbonyl (C=O) groups is 1. The van der Waals surface area contributed by atoms with Crippen LogP contribution in [0.2, 0.25) is 0 Å². The van der Waals surface area contributed by atoms with E-state index in [0.29, 0.717) is 0 Å². The monoisotopic (exact) mass is 365 g/mol. The lowest BCUT2D eigenvalue weighted by Crippen LogP contribution is -2.17. The highest BCUT2D eigenvalue weighted by Gasteiger charge is 2.29. The van der Waals surface area contributed by atoms with Crippen molar-refractivity contribution in [2.24, 2.45) is 5.92 Å². The second-order valence-corrected chi connectivity index (χ2v) is 5.58. The van der Waals surface area contributed by atoms with Crippen molar-refractivity contribution < 1.29 is 14.1 Å². The van der Waals surface area contributed by atoms with Gasteiger partial charge >= 0.3 is 0 Å². The van der Waals surface area contributed by atoms with Gasteiger partial charge in [0.2, 0.25) is 0 Å². The Balaban J connectivity index is 3.50. The van der Waals surface area contributed by atoms with Gasteiger partial charge in [0.15, 0.2) is 0 Å². The molecule has 0 aliphatic heterocycles. The van der Waals surface area contributed by atoms with Crippen LogP contribution in [-0.2, 0) is 4.79 Å². The van der Waals surface area contributed by atoms with Crippen LogP contribution in [0.25, 0.3) is 0 Å². The molecule has 0 aliphatic carbocycles. The van der Waals surface area contributed by atoms with Gasteiger partial charge in [0.05, 0.1) is 14.4 Å². The topological polar surface area (TPSA) is 60.2 Å². The number of rotatable bonds is 4. The fourth-order valence-electron chi connectivity index (χ4n) is 2.01. The zero-order valence-electron chi connectivity index (χ0n) is 10.2. The molecule has 0 N–H and O–H groups in total. The third kappa shape index (κ3) is 3.04. The summed E-state index contributed by atoms with van der Waals surface area (Å²) in [5, 5.41) is 11.0. The van der Waals surface area contributed by atoms with Gasteiger partial charge in [-0.1, -0.05) is 13.8 Å². The highest BCUT2D eigenvalue weighted by molar-refractivity contribution is 14.1. The van der Waals surface area contributed by atoms with Crippen molar-refractivity contribution in [3.63, 3.8) is 0 Å². The summed E-state index contributed by atoms with van der Waals surface area (Å²) >= 11 is 1.69. The molecular weight excluding hydrogens is 352 g/mol. The Morgan fingerprint density at radius 1 is 1.44 bits per heavy atom. The molecule has 1 unspecified atom stereocenters. The molecule has 0 saturated carbocycles. The Hall–Kier alpha value is -1.05. The van der Waals surface area contributed by atoms with Gasteiger partial charge in [-0.05, 0) is 41.5 Å². The van der Waals surface area contributed by atoms with Crippen molar-refractivity contribution in [1.29, 1.82) is 0 Å². The first kappa shape index (κ1) is 15.0. The van der Waals surface area contributed by atoms with Gasteiger partial charge in [-0.15, -0.1) is 0 Å². The van der Waals surface area contributed by atoms with Crippen LogP contribution in [0.3, 0.4) is 0 Å². The average Bonchev–Trinajstić information content (AvgIpc) is 2.21. The number of carbonyl (C=O) groups excluding carboxylic acids is 1. The Bertz CT molecular complexity index is 502. The summed E-state index contributed by atoms with van der Waals surface area (Å²) in [5.74, 6) is -1.52. The Labute approximate surface area is 118 Å². The van der Waals surface area contributed by atoms with Crippen LogP contribution in [-0.4, -0.2) is 10.7 Å². The fraction of sp³-hybridized carbons (Fsp3) is 0.417. The van der Waals surface area contributed by atoms with E-state index in [9.17, 15) is 19.3 Å². The van der Waals surface area contributed by atoms with E-state index in [4.69, 9.17) is 0 Å². The third-order valence-electron chi connectivity index (χ3n) is 2.71. The lowest BCUT2D eigenvalue weighted by Gasteiger charge is -2.18. The van der Waals surface area contributed by atoms with Gasteiger partial charge in [0.25, 0.3) is 5.69 Å². The largest absolute Gasteiger partial charge is 0.299 e. The molecule has 1 atom stereocenters. The number of benzene rings is 1. The lowest BCUT2D eigenvalue weighted by atomic mass is 9.84. The van der Waals surface area contributed by atoms with Crippen LogP contribution in [0.1, 0.15) is 32.3 Å². The summed E-state index contributed by atoms with van der Waals surface area (Å²) in [6, 6.07) is 2.27. The molecule has 18 heavy (non-hydrogen) atoms. The van der Waals surface area contributed by atoms with Crippen molar-refractivity contribution in [2.75, 3.05) is 0 Å². The van der Waals surface area contributed by atoms with Crippen LogP contribution in [0, 0.1) is 25.4 Å². The Kier molecular flexibility index (Phi) is 4.78. The van der Waals surface area contributed by atoms with E-state index in [0.717, 1.165) is 6.07 Å². The average molecular weight is 365 g/mol. The Morgan fingerprint density at radius 2 is 2.00 bits per heavy atom. The van der Waals surface area contributed by atoms with E-state index >= 15 is 0 Å². The molecule has 1 aromatic carbocycles. The number of ketones is 1. The van der Waals surface area contributed by atoms with E-state index < -0.39 is 16.7 Å². The van der Waals surface area contributed by atoms with E-state index in [1.54, 1.807) is 36.4 Å². The van der Waals surface area contributed by atoms with Crippen molar-refractivity contribution in [1.82, 2.24) is 0 Å². The number of nitro groups is 1. The highest BCUT2D eigenvalue weighted by atomic mass is 127. The third-order valence-corrected chi connectivity index (χ3v) is 3.53. The van der Waals surface area contributed by atoms with Gasteiger partial charge in [-0.3, -0.25) is 14.9 Å². The normalized spacial score (nSPS) is 12.6. The first-order chi connectivity index (χ1) is 8.25. The lowest BCUT2D eigenvalue weighted by molar-refractivity contribution is -0.385. The molecule has 0 saturated heterocycles. The van der Waals surface area contributed by atoms with Crippen LogP contribution < -0.4 is 0 Å². The summed E-state index contributed by atoms with van der Waals surface area (Å²) in [6.45, 7) is 4.93. The SMILES string of the molecule is CC(=O)C(c1cc(F)c(I)cc1[N+](=O)[O-])C(C)C. The number of hydrogen-bond donors (Lipinski definition) is 0. The number of nitrogens with zero attached hydrogens (tertiary/aromatic N) is 1. The molecule has 98 valence electrons. The molecule has 0 heterocycles. The molecule has 0 aromatic heterocycles. The van der Waals surface area contributed by atoms with Gasteiger partial charge in [-0.25, -0.2) is 4.39 Å². The van der Waals surface area contributed by atoms with Crippen LogP contribution in [0.4, 0.5) is 10.1 Å². The van der Waals surface area contributed by atoms with Crippen molar-refractivity contribution in [3.05, 3.63) is 37.2 Å². The molecule has 0 radical (unpaired) electrons. The smallest absolute Gasteiger partial charge is 0.274 e. The van der Waals surface area contributed by atoms with Crippen LogP contribution in [0.15, 0.2) is 12.1 Å². The summed E-state index contributed by atoms with van der Waals surface area (Å²) in [5.41, 5.74) is -0.0462. The molecule has 4 nitrogen and oxygen atoms in total. The molecule has 0 bridgehead atoms. The van der Waals surface area contributed by atoms with Crippen LogP contribution >= 0.6 is 22.6 Å². The minimum Gasteiger partial charge on any atom is -0.299 e. The van der Waals surface area contributed by atoms with Crippen molar-refractivity contribution in [3.8, 4) is 0 Å². The molecule has 0 spiro atoms. The summed E-state index contributed by atoms with van der Waals surface area (Å²) in [4.78, 5) is 22.0. The summed E-state index contributed by atoms with van der Waals surface area (Å²) in [6.07, 6.45) is 0. The second kappa shape index (κ2) is 5.73. The maximum atomic E-state index is 13.6. The predicted octanol–water partition coefficient (Wildman–Crippen LogP) is 3.67. The number of Topliss-reactive ketones (excluding diaryl/α,β-unsaturated/α-hetero) is 1. The van der Waals surface area contributed by atoms with Gasteiger partial charge in [0.1, 0.15) is 11.6 Å². The molecular formula is C12H13FINO3. The minimum absolute atomic E-state index is 0.124. The van der Waals surface area contributed by atoms with E-state index in [-0.39, 0.29) is 26.5 Å².